The van der Waals surface area contributed by atoms with Crippen LogP contribution in [0.4, 0.5) is 0 Å². The molecule has 90 valence electrons. The summed E-state index contributed by atoms with van der Waals surface area (Å²) < 4.78 is 0. The molecule has 1 heteroatoms. The summed E-state index contributed by atoms with van der Waals surface area (Å²) in [6, 6.07) is 1.55. The second-order valence-electron chi connectivity index (χ2n) is 5.52. The van der Waals surface area contributed by atoms with E-state index in [1.165, 1.54) is 51.4 Å². The Morgan fingerprint density at radius 2 is 1.80 bits per heavy atom. The minimum atomic E-state index is 0.731. The first-order valence-corrected chi connectivity index (χ1v) is 6.98. The molecule has 0 saturated heterocycles. The highest BCUT2D eigenvalue weighted by atomic mass is 14.9. The molecule has 0 bridgehead atoms. The van der Waals surface area contributed by atoms with E-state index in [9.17, 15) is 0 Å². The van der Waals surface area contributed by atoms with E-state index in [4.69, 9.17) is 0 Å². The maximum absolute atomic E-state index is 3.80. The minimum Gasteiger partial charge on any atom is -0.312 e. The van der Waals surface area contributed by atoms with Gasteiger partial charge < -0.3 is 5.32 Å². The molecule has 1 atom stereocenters. The van der Waals surface area contributed by atoms with Crippen molar-refractivity contribution in [3.8, 4) is 0 Å². The Hall–Kier alpha value is -0.0400. The Bertz CT molecular complexity index is 147. The molecule has 1 fully saturated rings. The number of hydrogen-bond donors (Lipinski definition) is 1. The van der Waals surface area contributed by atoms with Gasteiger partial charge in [0.1, 0.15) is 0 Å². The SMILES string of the molecule is CCCCCC(C)NC1CCC(C)CC1. The molecular weight excluding hydrogens is 182 g/mol. The third kappa shape index (κ3) is 5.55. The summed E-state index contributed by atoms with van der Waals surface area (Å²) in [6.45, 7) is 7.02. The summed E-state index contributed by atoms with van der Waals surface area (Å²) in [5.41, 5.74) is 0. The highest BCUT2D eigenvalue weighted by Crippen LogP contribution is 2.23. The monoisotopic (exact) mass is 211 g/mol. The maximum Gasteiger partial charge on any atom is 0.00697 e. The van der Waals surface area contributed by atoms with Crippen LogP contribution in [-0.4, -0.2) is 12.1 Å². The van der Waals surface area contributed by atoms with E-state index in [0.29, 0.717) is 0 Å². The van der Waals surface area contributed by atoms with Crippen LogP contribution in [0.1, 0.15) is 72.1 Å². The average molecular weight is 211 g/mol. The average Bonchev–Trinajstić information content (AvgIpc) is 2.22. The fourth-order valence-electron chi connectivity index (χ4n) is 2.61. The second kappa shape index (κ2) is 7.27. The summed E-state index contributed by atoms with van der Waals surface area (Å²) in [6.07, 6.45) is 11.2. The van der Waals surface area contributed by atoms with Crippen LogP contribution in [0.2, 0.25) is 0 Å². The Morgan fingerprint density at radius 3 is 2.40 bits per heavy atom. The Balaban J connectivity index is 2.06. The predicted molar refractivity (Wildman–Crippen MR) is 68.2 cm³/mol. The van der Waals surface area contributed by atoms with Crippen molar-refractivity contribution >= 4 is 0 Å². The molecule has 0 aromatic carbocycles. The van der Waals surface area contributed by atoms with Gasteiger partial charge in [-0.25, -0.2) is 0 Å². The van der Waals surface area contributed by atoms with Crippen molar-refractivity contribution in [2.75, 3.05) is 0 Å². The highest BCUT2D eigenvalue weighted by molar-refractivity contribution is 4.77. The van der Waals surface area contributed by atoms with Gasteiger partial charge in [0.2, 0.25) is 0 Å². The summed E-state index contributed by atoms with van der Waals surface area (Å²) in [4.78, 5) is 0. The van der Waals surface area contributed by atoms with Gasteiger partial charge in [-0.3, -0.25) is 0 Å². The molecule has 1 N–H and O–H groups in total. The number of unbranched alkanes of at least 4 members (excludes halogenated alkanes) is 2. The zero-order chi connectivity index (χ0) is 11.1. The van der Waals surface area contributed by atoms with Crippen LogP contribution in [0, 0.1) is 5.92 Å². The van der Waals surface area contributed by atoms with Crippen LogP contribution in [0.25, 0.3) is 0 Å². The van der Waals surface area contributed by atoms with Crippen molar-refractivity contribution in [3.63, 3.8) is 0 Å². The van der Waals surface area contributed by atoms with Crippen LogP contribution >= 0.6 is 0 Å². The van der Waals surface area contributed by atoms with Crippen LogP contribution < -0.4 is 5.32 Å². The Labute approximate surface area is 96.0 Å². The minimum absolute atomic E-state index is 0.731. The molecule has 1 saturated carbocycles. The standard InChI is InChI=1S/C14H29N/c1-4-5-6-7-13(3)15-14-10-8-12(2)9-11-14/h12-15H,4-11H2,1-3H3. The van der Waals surface area contributed by atoms with E-state index in [2.05, 4.69) is 26.1 Å². The van der Waals surface area contributed by atoms with Gasteiger partial charge in [-0.1, -0.05) is 33.1 Å². The van der Waals surface area contributed by atoms with Crippen molar-refractivity contribution in [2.24, 2.45) is 5.92 Å². The lowest BCUT2D eigenvalue weighted by Gasteiger charge is -2.29. The fraction of sp³-hybridized carbons (Fsp3) is 1.00. The molecule has 0 aliphatic heterocycles. The quantitative estimate of drug-likeness (QED) is 0.652. The molecule has 0 radical (unpaired) electrons. The Kier molecular flexibility index (Phi) is 6.31. The lowest BCUT2D eigenvalue weighted by molar-refractivity contribution is 0.285. The first kappa shape index (κ1) is 13.0. The van der Waals surface area contributed by atoms with Crippen molar-refractivity contribution in [2.45, 2.75) is 84.2 Å². The van der Waals surface area contributed by atoms with Crippen molar-refractivity contribution < 1.29 is 0 Å². The summed E-state index contributed by atoms with van der Waals surface area (Å²) in [7, 11) is 0. The van der Waals surface area contributed by atoms with Gasteiger partial charge in [0.05, 0.1) is 0 Å². The molecule has 1 rings (SSSR count). The van der Waals surface area contributed by atoms with E-state index >= 15 is 0 Å². The van der Waals surface area contributed by atoms with E-state index in [1.54, 1.807) is 0 Å². The largest absolute Gasteiger partial charge is 0.312 e. The van der Waals surface area contributed by atoms with E-state index in [0.717, 1.165) is 18.0 Å². The predicted octanol–water partition coefficient (Wildman–Crippen LogP) is 4.12. The number of rotatable bonds is 6. The zero-order valence-electron chi connectivity index (χ0n) is 10.9. The number of hydrogen-bond acceptors (Lipinski definition) is 1. The van der Waals surface area contributed by atoms with Gasteiger partial charge in [0.15, 0.2) is 0 Å². The van der Waals surface area contributed by atoms with Gasteiger partial charge in [-0.15, -0.1) is 0 Å². The molecule has 15 heavy (non-hydrogen) atoms. The Morgan fingerprint density at radius 1 is 1.13 bits per heavy atom. The molecule has 1 unspecified atom stereocenters. The fourth-order valence-corrected chi connectivity index (χ4v) is 2.61. The van der Waals surface area contributed by atoms with Gasteiger partial charge >= 0.3 is 0 Å². The van der Waals surface area contributed by atoms with Crippen LogP contribution in [0.3, 0.4) is 0 Å². The van der Waals surface area contributed by atoms with Crippen LogP contribution in [-0.2, 0) is 0 Å². The first-order valence-electron chi connectivity index (χ1n) is 6.98. The van der Waals surface area contributed by atoms with Gasteiger partial charge in [-0.2, -0.15) is 0 Å². The summed E-state index contributed by atoms with van der Waals surface area (Å²) in [5, 5.41) is 3.80. The zero-order valence-corrected chi connectivity index (χ0v) is 10.9. The molecule has 0 spiro atoms. The molecule has 1 aliphatic rings. The molecule has 0 amide bonds. The summed E-state index contributed by atoms with van der Waals surface area (Å²) in [5.74, 6) is 0.971. The molecule has 1 nitrogen and oxygen atoms in total. The van der Waals surface area contributed by atoms with Gasteiger partial charge in [0.25, 0.3) is 0 Å². The lowest BCUT2D eigenvalue weighted by Crippen LogP contribution is -2.38. The molecular formula is C14H29N. The van der Waals surface area contributed by atoms with Crippen molar-refractivity contribution in [1.29, 1.82) is 0 Å². The number of nitrogens with one attached hydrogen (secondary N) is 1. The maximum atomic E-state index is 3.80. The molecule has 0 aromatic heterocycles. The third-order valence-corrected chi connectivity index (χ3v) is 3.78. The van der Waals surface area contributed by atoms with E-state index < -0.39 is 0 Å². The second-order valence-corrected chi connectivity index (χ2v) is 5.52. The lowest BCUT2D eigenvalue weighted by atomic mass is 9.87. The van der Waals surface area contributed by atoms with E-state index in [1.807, 2.05) is 0 Å². The summed E-state index contributed by atoms with van der Waals surface area (Å²) >= 11 is 0. The topological polar surface area (TPSA) is 12.0 Å². The molecule has 0 aromatic rings. The van der Waals surface area contributed by atoms with Crippen LogP contribution in [0.15, 0.2) is 0 Å². The normalized spacial score (nSPS) is 29.0. The van der Waals surface area contributed by atoms with Gasteiger partial charge in [-0.05, 0) is 44.9 Å². The smallest absolute Gasteiger partial charge is 0.00697 e. The van der Waals surface area contributed by atoms with Crippen molar-refractivity contribution in [1.82, 2.24) is 5.32 Å². The van der Waals surface area contributed by atoms with E-state index in [-0.39, 0.29) is 0 Å². The molecule has 1 aliphatic carbocycles. The van der Waals surface area contributed by atoms with Crippen molar-refractivity contribution in [3.05, 3.63) is 0 Å². The highest BCUT2D eigenvalue weighted by Gasteiger charge is 2.18. The first-order chi connectivity index (χ1) is 7.22. The van der Waals surface area contributed by atoms with Gasteiger partial charge in [0, 0.05) is 12.1 Å². The third-order valence-electron chi connectivity index (χ3n) is 3.78. The molecule has 0 heterocycles. The van der Waals surface area contributed by atoms with Crippen LogP contribution in [0.5, 0.6) is 0 Å².